The first-order chi connectivity index (χ1) is 16.5. The number of nitrogens with zero attached hydrogens (tertiary/aromatic N) is 3. The van der Waals surface area contributed by atoms with Gasteiger partial charge in [0, 0.05) is 29.4 Å². The normalized spacial score (nSPS) is 11.4. The number of sulfonamides is 1. The molecule has 170 valence electrons. The van der Waals surface area contributed by atoms with Crippen LogP contribution < -0.4 is 10.0 Å². The predicted molar refractivity (Wildman–Crippen MR) is 138 cm³/mol. The molecular formula is C25H21N5O2S2. The van der Waals surface area contributed by atoms with Gasteiger partial charge in [-0.1, -0.05) is 48.5 Å². The molecule has 0 radical (unpaired) electrons. The van der Waals surface area contributed by atoms with Gasteiger partial charge in [-0.05, 0) is 35.4 Å². The summed E-state index contributed by atoms with van der Waals surface area (Å²) in [5.41, 5.74) is 3.27. The third kappa shape index (κ3) is 4.90. The number of benzene rings is 2. The van der Waals surface area contributed by atoms with Crippen LogP contribution in [0.3, 0.4) is 0 Å². The van der Waals surface area contributed by atoms with Crippen molar-refractivity contribution in [2.75, 3.05) is 16.3 Å². The molecule has 0 aliphatic heterocycles. The SMILES string of the molecule is CS(=O)(=O)Nc1ccccc1CNc1nc(-c2cccnc2)nc2sc(-c3ccccc3)cc12. The zero-order valence-corrected chi connectivity index (χ0v) is 19.9. The summed E-state index contributed by atoms with van der Waals surface area (Å²) in [7, 11) is -3.40. The van der Waals surface area contributed by atoms with Crippen LogP contribution in [-0.4, -0.2) is 29.6 Å². The minimum absolute atomic E-state index is 0.383. The first-order valence-corrected chi connectivity index (χ1v) is 13.2. The molecule has 0 atom stereocenters. The van der Waals surface area contributed by atoms with E-state index in [-0.39, 0.29) is 0 Å². The number of anilines is 2. The van der Waals surface area contributed by atoms with E-state index in [0.717, 1.165) is 38.0 Å². The van der Waals surface area contributed by atoms with Gasteiger partial charge >= 0.3 is 0 Å². The van der Waals surface area contributed by atoms with Crippen LogP contribution in [-0.2, 0) is 16.6 Å². The lowest BCUT2D eigenvalue weighted by Gasteiger charge is -2.13. The van der Waals surface area contributed by atoms with Crippen LogP contribution in [0, 0.1) is 0 Å². The fourth-order valence-corrected chi connectivity index (χ4v) is 5.21. The molecule has 0 bridgehead atoms. The Morgan fingerprint density at radius 1 is 0.912 bits per heavy atom. The Bertz CT molecular complexity index is 1550. The second kappa shape index (κ2) is 9.20. The molecule has 0 aliphatic rings. The molecule has 34 heavy (non-hydrogen) atoms. The van der Waals surface area contributed by atoms with Crippen LogP contribution in [0.15, 0.2) is 85.2 Å². The Kier molecular flexibility index (Phi) is 5.95. The number of aromatic nitrogens is 3. The van der Waals surface area contributed by atoms with Gasteiger partial charge in [0.05, 0.1) is 17.3 Å². The monoisotopic (exact) mass is 487 g/mol. The number of fused-ring (bicyclic) bond motifs is 1. The zero-order valence-electron chi connectivity index (χ0n) is 18.3. The molecule has 0 amide bonds. The van der Waals surface area contributed by atoms with Gasteiger partial charge in [0.2, 0.25) is 10.0 Å². The Hall–Kier alpha value is -3.82. The maximum absolute atomic E-state index is 11.8. The van der Waals surface area contributed by atoms with Crippen molar-refractivity contribution in [2.24, 2.45) is 0 Å². The average Bonchev–Trinajstić information content (AvgIpc) is 3.28. The Morgan fingerprint density at radius 2 is 1.68 bits per heavy atom. The Morgan fingerprint density at radius 3 is 2.44 bits per heavy atom. The summed E-state index contributed by atoms with van der Waals surface area (Å²) in [5, 5.41) is 4.31. The number of para-hydroxylation sites is 1. The molecule has 0 unspecified atom stereocenters. The molecule has 0 aliphatic carbocycles. The maximum atomic E-state index is 11.8. The highest BCUT2D eigenvalue weighted by Crippen LogP contribution is 2.37. The fourth-order valence-electron chi connectivity index (χ4n) is 3.58. The lowest BCUT2D eigenvalue weighted by atomic mass is 10.1. The van der Waals surface area contributed by atoms with E-state index in [2.05, 4.69) is 33.2 Å². The van der Waals surface area contributed by atoms with E-state index in [0.29, 0.717) is 23.9 Å². The number of pyridine rings is 1. The molecular weight excluding hydrogens is 466 g/mol. The average molecular weight is 488 g/mol. The van der Waals surface area contributed by atoms with Crippen molar-refractivity contribution in [3.63, 3.8) is 0 Å². The Labute approximate surface area is 201 Å². The second-order valence-electron chi connectivity index (χ2n) is 7.72. The van der Waals surface area contributed by atoms with Gasteiger partial charge in [-0.2, -0.15) is 0 Å². The highest BCUT2D eigenvalue weighted by molar-refractivity contribution is 7.92. The van der Waals surface area contributed by atoms with Gasteiger partial charge in [0.1, 0.15) is 10.6 Å². The van der Waals surface area contributed by atoms with Gasteiger partial charge < -0.3 is 5.32 Å². The highest BCUT2D eigenvalue weighted by atomic mass is 32.2. The summed E-state index contributed by atoms with van der Waals surface area (Å²) in [6.07, 6.45) is 4.59. The largest absolute Gasteiger partial charge is 0.365 e. The quantitative estimate of drug-likeness (QED) is 0.319. The van der Waals surface area contributed by atoms with Crippen molar-refractivity contribution in [3.8, 4) is 21.8 Å². The lowest BCUT2D eigenvalue weighted by molar-refractivity contribution is 0.606. The van der Waals surface area contributed by atoms with Crippen LogP contribution >= 0.6 is 11.3 Å². The van der Waals surface area contributed by atoms with Crippen molar-refractivity contribution < 1.29 is 8.42 Å². The van der Waals surface area contributed by atoms with Crippen molar-refractivity contribution >= 4 is 43.1 Å². The minimum Gasteiger partial charge on any atom is -0.365 e. The first kappa shape index (κ1) is 22.0. The number of rotatable bonds is 7. The Balaban J connectivity index is 1.56. The van der Waals surface area contributed by atoms with Crippen LogP contribution in [0.5, 0.6) is 0 Å². The minimum atomic E-state index is -3.40. The number of thiophene rings is 1. The van der Waals surface area contributed by atoms with Gasteiger partial charge in [0.25, 0.3) is 0 Å². The summed E-state index contributed by atoms with van der Waals surface area (Å²) in [6.45, 7) is 0.383. The molecule has 9 heteroatoms. The van der Waals surface area contributed by atoms with Gasteiger partial charge in [-0.3, -0.25) is 9.71 Å². The first-order valence-electron chi connectivity index (χ1n) is 10.5. The van der Waals surface area contributed by atoms with Crippen LogP contribution in [0.2, 0.25) is 0 Å². The van der Waals surface area contributed by atoms with Crippen LogP contribution in [0.1, 0.15) is 5.56 Å². The van der Waals surface area contributed by atoms with Crippen molar-refractivity contribution in [2.45, 2.75) is 6.54 Å². The molecule has 0 saturated carbocycles. The molecule has 5 rings (SSSR count). The molecule has 0 spiro atoms. The summed E-state index contributed by atoms with van der Waals surface area (Å²) in [5.74, 6) is 1.25. The van der Waals surface area contributed by atoms with Crippen molar-refractivity contribution in [1.82, 2.24) is 15.0 Å². The molecule has 7 nitrogen and oxygen atoms in total. The number of hydrogen-bond donors (Lipinski definition) is 2. The molecule has 2 N–H and O–H groups in total. The smallest absolute Gasteiger partial charge is 0.229 e. The molecule has 0 saturated heterocycles. The highest BCUT2D eigenvalue weighted by Gasteiger charge is 2.15. The van der Waals surface area contributed by atoms with E-state index in [1.165, 1.54) is 0 Å². The lowest BCUT2D eigenvalue weighted by Crippen LogP contribution is -2.13. The maximum Gasteiger partial charge on any atom is 0.229 e. The van der Waals surface area contributed by atoms with Gasteiger partial charge in [0.15, 0.2) is 5.82 Å². The van der Waals surface area contributed by atoms with E-state index in [4.69, 9.17) is 9.97 Å². The van der Waals surface area contributed by atoms with Crippen LogP contribution in [0.25, 0.3) is 32.0 Å². The zero-order chi connectivity index (χ0) is 23.5. The predicted octanol–water partition coefficient (Wildman–Crippen LogP) is 5.40. The summed E-state index contributed by atoms with van der Waals surface area (Å²) < 4.78 is 26.1. The van der Waals surface area contributed by atoms with Gasteiger partial charge in [-0.25, -0.2) is 18.4 Å². The van der Waals surface area contributed by atoms with E-state index in [1.54, 1.807) is 35.9 Å². The van der Waals surface area contributed by atoms with Gasteiger partial charge in [-0.15, -0.1) is 11.3 Å². The van der Waals surface area contributed by atoms with E-state index >= 15 is 0 Å². The van der Waals surface area contributed by atoms with Crippen molar-refractivity contribution in [3.05, 3.63) is 90.8 Å². The van der Waals surface area contributed by atoms with E-state index < -0.39 is 10.0 Å². The summed E-state index contributed by atoms with van der Waals surface area (Å²) in [4.78, 5) is 15.8. The topological polar surface area (TPSA) is 96.9 Å². The second-order valence-corrected chi connectivity index (χ2v) is 10.5. The van der Waals surface area contributed by atoms with E-state index in [9.17, 15) is 8.42 Å². The van der Waals surface area contributed by atoms with Crippen LogP contribution in [0.4, 0.5) is 11.5 Å². The molecule has 5 aromatic rings. The molecule has 3 heterocycles. The molecule has 0 fully saturated rings. The van der Waals surface area contributed by atoms with Crippen molar-refractivity contribution in [1.29, 1.82) is 0 Å². The fraction of sp³-hybridized carbons (Fsp3) is 0.0800. The summed E-state index contributed by atoms with van der Waals surface area (Å²) >= 11 is 1.60. The standard InChI is InChI=1S/C25H21N5O2S2/c1-34(31,32)30-21-12-6-5-10-18(21)16-27-24-20-14-22(17-8-3-2-4-9-17)33-25(20)29-23(28-24)19-11-7-13-26-15-19/h2-15,30H,16H2,1H3,(H,27,28,29). The number of hydrogen-bond acceptors (Lipinski definition) is 7. The number of nitrogens with one attached hydrogen (secondary N) is 2. The molecule has 2 aromatic carbocycles. The summed E-state index contributed by atoms with van der Waals surface area (Å²) in [6, 6.07) is 23.3. The van der Waals surface area contributed by atoms with E-state index in [1.807, 2.05) is 42.5 Å². The molecule has 3 aromatic heterocycles. The third-order valence-electron chi connectivity index (χ3n) is 5.13. The third-order valence-corrected chi connectivity index (χ3v) is 6.80.